The lowest BCUT2D eigenvalue weighted by molar-refractivity contribution is 0.325. The van der Waals surface area contributed by atoms with Gasteiger partial charge in [0.05, 0.1) is 0 Å². The third kappa shape index (κ3) is 1.74. The van der Waals surface area contributed by atoms with Gasteiger partial charge in [-0.15, -0.1) is 0 Å². The van der Waals surface area contributed by atoms with E-state index in [2.05, 4.69) is 17.6 Å². The molecule has 11 heavy (non-hydrogen) atoms. The Morgan fingerprint density at radius 3 is 2.45 bits per heavy atom. The van der Waals surface area contributed by atoms with Crippen molar-refractivity contribution in [2.45, 2.75) is 38.3 Å². The van der Waals surface area contributed by atoms with E-state index in [9.17, 15) is 0 Å². The predicted octanol–water partition coefficient (Wildman–Crippen LogP) is 0.736. The molecule has 1 aliphatic heterocycles. The molecule has 2 rings (SSSR count). The third-order valence-corrected chi connectivity index (χ3v) is 2.95. The molecule has 0 aromatic rings. The van der Waals surface area contributed by atoms with Crippen molar-refractivity contribution in [1.82, 2.24) is 10.6 Å². The first-order valence-corrected chi connectivity index (χ1v) is 4.81. The Morgan fingerprint density at radius 1 is 1.18 bits per heavy atom. The highest BCUT2D eigenvalue weighted by molar-refractivity contribution is 4.87. The SMILES string of the molecule is CC1CCC(NC2CNC2)C1. The van der Waals surface area contributed by atoms with Gasteiger partial charge in [0.15, 0.2) is 0 Å². The molecule has 2 heteroatoms. The second kappa shape index (κ2) is 3.11. The van der Waals surface area contributed by atoms with Gasteiger partial charge in [0.2, 0.25) is 0 Å². The van der Waals surface area contributed by atoms with Gasteiger partial charge in [-0.3, -0.25) is 0 Å². The normalized spacial score (nSPS) is 39.0. The first-order chi connectivity index (χ1) is 5.34. The summed E-state index contributed by atoms with van der Waals surface area (Å²) in [6.07, 6.45) is 4.23. The fourth-order valence-electron chi connectivity index (χ4n) is 2.10. The molecule has 2 fully saturated rings. The minimum Gasteiger partial charge on any atom is -0.314 e. The fraction of sp³-hybridized carbons (Fsp3) is 1.00. The molecule has 2 nitrogen and oxygen atoms in total. The molecule has 2 N–H and O–H groups in total. The van der Waals surface area contributed by atoms with Crippen molar-refractivity contribution in [2.24, 2.45) is 5.92 Å². The van der Waals surface area contributed by atoms with Crippen molar-refractivity contribution in [3.8, 4) is 0 Å². The minimum atomic E-state index is 0.783. The maximum atomic E-state index is 3.68. The molecular weight excluding hydrogens is 136 g/mol. The van der Waals surface area contributed by atoms with Crippen LogP contribution in [0.2, 0.25) is 0 Å². The first-order valence-electron chi connectivity index (χ1n) is 4.81. The second-order valence-corrected chi connectivity index (χ2v) is 4.14. The smallest absolute Gasteiger partial charge is 0.0319 e. The van der Waals surface area contributed by atoms with Gasteiger partial charge < -0.3 is 10.6 Å². The van der Waals surface area contributed by atoms with Gasteiger partial charge in [-0.2, -0.15) is 0 Å². The van der Waals surface area contributed by atoms with Crippen LogP contribution in [0.15, 0.2) is 0 Å². The summed E-state index contributed by atoms with van der Waals surface area (Å²) >= 11 is 0. The van der Waals surface area contributed by atoms with E-state index < -0.39 is 0 Å². The molecule has 0 spiro atoms. The lowest BCUT2D eigenvalue weighted by Crippen LogP contribution is -2.57. The molecule has 0 radical (unpaired) electrons. The molecule has 1 saturated heterocycles. The molecule has 1 aliphatic carbocycles. The van der Waals surface area contributed by atoms with E-state index in [1.165, 1.54) is 32.4 Å². The molecule has 2 unspecified atom stereocenters. The van der Waals surface area contributed by atoms with Crippen LogP contribution in [0, 0.1) is 5.92 Å². The van der Waals surface area contributed by atoms with E-state index in [0.29, 0.717) is 0 Å². The molecule has 1 saturated carbocycles. The van der Waals surface area contributed by atoms with Crippen LogP contribution in [-0.2, 0) is 0 Å². The zero-order valence-corrected chi connectivity index (χ0v) is 7.27. The average molecular weight is 154 g/mol. The number of hydrogen-bond donors (Lipinski definition) is 2. The molecule has 0 aromatic heterocycles. The van der Waals surface area contributed by atoms with E-state index in [-0.39, 0.29) is 0 Å². The van der Waals surface area contributed by atoms with E-state index in [4.69, 9.17) is 0 Å². The Hall–Kier alpha value is -0.0800. The van der Waals surface area contributed by atoms with Gasteiger partial charge in [-0.25, -0.2) is 0 Å². The van der Waals surface area contributed by atoms with Gasteiger partial charge in [-0.1, -0.05) is 6.92 Å². The van der Waals surface area contributed by atoms with Gasteiger partial charge in [0, 0.05) is 25.2 Å². The zero-order chi connectivity index (χ0) is 7.68. The quantitative estimate of drug-likeness (QED) is 0.613. The predicted molar refractivity (Wildman–Crippen MR) is 46.6 cm³/mol. The summed E-state index contributed by atoms with van der Waals surface area (Å²) in [5.41, 5.74) is 0. The molecule has 0 aromatic carbocycles. The molecule has 0 bridgehead atoms. The summed E-state index contributed by atoms with van der Waals surface area (Å²) in [4.78, 5) is 0. The summed E-state index contributed by atoms with van der Waals surface area (Å²) in [5.74, 6) is 0.959. The maximum Gasteiger partial charge on any atom is 0.0319 e. The second-order valence-electron chi connectivity index (χ2n) is 4.14. The fourth-order valence-corrected chi connectivity index (χ4v) is 2.10. The van der Waals surface area contributed by atoms with E-state index >= 15 is 0 Å². The topological polar surface area (TPSA) is 24.1 Å². The number of hydrogen-bond acceptors (Lipinski definition) is 2. The highest BCUT2D eigenvalue weighted by Crippen LogP contribution is 2.24. The third-order valence-electron chi connectivity index (χ3n) is 2.95. The van der Waals surface area contributed by atoms with Crippen LogP contribution in [0.5, 0.6) is 0 Å². The molecular formula is C9H18N2. The standard InChI is InChI=1S/C9H18N2/c1-7-2-3-8(4-7)11-9-5-10-6-9/h7-11H,2-6H2,1H3. The van der Waals surface area contributed by atoms with Crippen LogP contribution < -0.4 is 10.6 Å². The summed E-state index contributed by atoms with van der Waals surface area (Å²) < 4.78 is 0. The molecule has 64 valence electrons. The van der Waals surface area contributed by atoms with Gasteiger partial charge in [-0.05, 0) is 25.2 Å². The first kappa shape index (κ1) is 7.56. The highest BCUT2D eigenvalue weighted by Gasteiger charge is 2.25. The summed E-state index contributed by atoms with van der Waals surface area (Å²) in [6.45, 7) is 4.73. The van der Waals surface area contributed by atoms with Crippen molar-refractivity contribution < 1.29 is 0 Å². The van der Waals surface area contributed by atoms with E-state index in [1.54, 1.807) is 0 Å². The molecule has 1 heterocycles. The van der Waals surface area contributed by atoms with Crippen LogP contribution in [0.3, 0.4) is 0 Å². The Balaban J connectivity index is 1.70. The lowest BCUT2D eigenvalue weighted by atomic mass is 10.1. The van der Waals surface area contributed by atoms with Gasteiger partial charge in [0.1, 0.15) is 0 Å². The van der Waals surface area contributed by atoms with E-state index in [0.717, 1.165) is 18.0 Å². The summed E-state index contributed by atoms with van der Waals surface area (Å²) in [5, 5.41) is 6.97. The van der Waals surface area contributed by atoms with Crippen LogP contribution >= 0.6 is 0 Å². The maximum absolute atomic E-state index is 3.68. The van der Waals surface area contributed by atoms with Crippen molar-refractivity contribution >= 4 is 0 Å². The van der Waals surface area contributed by atoms with E-state index in [1.807, 2.05) is 0 Å². The van der Waals surface area contributed by atoms with Crippen molar-refractivity contribution in [2.75, 3.05) is 13.1 Å². The molecule has 2 atom stereocenters. The highest BCUT2D eigenvalue weighted by atomic mass is 15.1. The van der Waals surface area contributed by atoms with Crippen LogP contribution in [0.25, 0.3) is 0 Å². The summed E-state index contributed by atoms with van der Waals surface area (Å²) in [7, 11) is 0. The zero-order valence-electron chi connectivity index (χ0n) is 7.27. The summed E-state index contributed by atoms with van der Waals surface area (Å²) in [6, 6.07) is 1.61. The Labute approximate surface area is 68.7 Å². The Kier molecular flexibility index (Phi) is 2.14. The van der Waals surface area contributed by atoms with Crippen LogP contribution in [-0.4, -0.2) is 25.2 Å². The van der Waals surface area contributed by atoms with Crippen molar-refractivity contribution in [3.63, 3.8) is 0 Å². The van der Waals surface area contributed by atoms with Crippen LogP contribution in [0.4, 0.5) is 0 Å². The molecule has 2 aliphatic rings. The van der Waals surface area contributed by atoms with Gasteiger partial charge >= 0.3 is 0 Å². The molecule has 0 amide bonds. The lowest BCUT2D eigenvalue weighted by Gasteiger charge is -2.31. The average Bonchev–Trinajstić information content (AvgIpc) is 2.27. The Bertz CT molecular complexity index is 132. The Morgan fingerprint density at radius 2 is 2.00 bits per heavy atom. The van der Waals surface area contributed by atoms with Gasteiger partial charge in [0.25, 0.3) is 0 Å². The number of nitrogens with one attached hydrogen (secondary N) is 2. The van der Waals surface area contributed by atoms with Crippen LogP contribution in [0.1, 0.15) is 26.2 Å². The monoisotopic (exact) mass is 154 g/mol. The number of rotatable bonds is 2. The van der Waals surface area contributed by atoms with Crippen molar-refractivity contribution in [3.05, 3.63) is 0 Å². The minimum absolute atomic E-state index is 0.783. The largest absolute Gasteiger partial charge is 0.314 e. The van der Waals surface area contributed by atoms with Crippen molar-refractivity contribution in [1.29, 1.82) is 0 Å².